The van der Waals surface area contributed by atoms with Crippen molar-refractivity contribution < 1.29 is 4.39 Å². The molecule has 0 bridgehead atoms. The first-order valence-electron chi connectivity index (χ1n) is 5.22. The van der Waals surface area contributed by atoms with Gasteiger partial charge < -0.3 is 5.32 Å². The zero-order valence-corrected chi connectivity index (χ0v) is 9.47. The predicted molar refractivity (Wildman–Crippen MR) is 57.7 cm³/mol. The van der Waals surface area contributed by atoms with E-state index in [0.717, 1.165) is 25.9 Å². The van der Waals surface area contributed by atoms with Crippen LogP contribution in [0.3, 0.4) is 0 Å². The highest BCUT2D eigenvalue weighted by Crippen LogP contribution is 2.34. The van der Waals surface area contributed by atoms with Crippen molar-refractivity contribution in [3.8, 4) is 0 Å². The second-order valence-electron chi connectivity index (χ2n) is 4.01. The number of hydrogen-bond acceptors (Lipinski definition) is 2. The van der Waals surface area contributed by atoms with Crippen molar-refractivity contribution in [3.05, 3.63) is 16.9 Å². The maximum Gasteiger partial charge on any atom is 0.147 e. The zero-order chi connectivity index (χ0) is 10.8. The van der Waals surface area contributed by atoms with Crippen molar-refractivity contribution in [2.45, 2.75) is 19.0 Å². The van der Waals surface area contributed by atoms with E-state index in [4.69, 9.17) is 11.6 Å². The summed E-state index contributed by atoms with van der Waals surface area (Å²) in [6.07, 6.45) is 2.42. The molecule has 2 rings (SSSR count). The van der Waals surface area contributed by atoms with Gasteiger partial charge in [0, 0.05) is 19.5 Å². The summed E-state index contributed by atoms with van der Waals surface area (Å²) in [5.41, 5.74) is 0.505. The number of nitrogens with one attached hydrogen (secondary N) is 1. The Hall–Kier alpha value is -0.610. The maximum absolute atomic E-state index is 14.2. The monoisotopic (exact) mass is 231 g/mol. The minimum atomic E-state index is -1.02. The van der Waals surface area contributed by atoms with Crippen molar-refractivity contribution in [1.82, 2.24) is 15.1 Å². The summed E-state index contributed by atoms with van der Waals surface area (Å²) in [5, 5.41) is 7.59. The van der Waals surface area contributed by atoms with Gasteiger partial charge in [-0.3, -0.25) is 4.68 Å². The molecule has 1 N–H and O–H groups in total. The molecular formula is C10H15ClFN3. The number of halogens is 2. The van der Waals surface area contributed by atoms with Gasteiger partial charge in [0.1, 0.15) is 6.17 Å². The molecule has 2 heterocycles. The Bertz CT molecular complexity index is 314. The normalized spacial score (nSPS) is 24.1. The standard InChI is InChI=1S/C10H15ClFN3/c1-15-10(8(11)6-14-15)9(12)7-3-2-4-13-5-7/h6-7,9,13H,2-5H2,1H3. The van der Waals surface area contributed by atoms with E-state index in [1.807, 2.05) is 0 Å². The van der Waals surface area contributed by atoms with Gasteiger partial charge in [0.05, 0.1) is 16.9 Å². The molecule has 0 aliphatic carbocycles. The van der Waals surface area contributed by atoms with E-state index in [9.17, 15) is 4.39 Å². The Morgan fingerprint density at radius 1 is 1.73 bits per heavy atom. The molecular weight excluding hydrogens is 217 g/mol. The van der Waals surface area contributed by atoms with E-state index in [2.05, 4.69) is 10.4 Å². The quantitative estimate of drug-likeness (QED) is 0.845. The number of piperidine rings is 1. The third-order valence-corrected chi connectivity index (χ3v) is 3.24. The highest BCUT2D eigenvalue weighted by atomic mass is 35.5. The van der Waals surface area contributed by atoms with E-state index in [-0.39, 0.29) is 5.92 Å². The van der Waals surface area contributed by atoms with Crippen LogP contribution in [0.1, 0.15) is 24.7 Å². The van der Waals surface area contributed by atoms with Crippen LogP contribution in [0.25, 0.3) is 0 Å². The van der Waals surface area contributed by atoms with E-state index in [1.54, 1.807) is 7.05 Å². The van der Waals surface area contributed by atoms with Crippen molar-refractivity contribution in [2.24, 2.45) is 13.0 Å². The Kier molecular flexibility index (Phi) is 3.26. The Labute approximate surface area is 93.6 Å². The molecule has 5 heteroatoms. The molecule has 2 atom stereocenters. The minimum Gasteiger partial charge on any atom is -0.316 e. The van der Waals surface area contributed by atoms with Crippen molar-refractivity contribution in [3.63, 3.8) is 0 Å². The number of rotatable bonds is 2. The van der Waals surface area contributed by atoms with Crippen LogP contribution in [0.15, 0.2) is 6.20 Å². The van der Waals surface area contributed by atoms with Crippen LogP contribution in [0, 0.1) is 5.92 Å². The second kappa shape index (κ2) is 4.49. The van der Waals surface area contributed by atoms with Gasteiger partial charge in [0.15, 0.2) is 0 Å². The molecule has 1 aromatic heterocycles. The Morgan fingerprint density at radius 2 is 2.53 bits per heavy atom. The van der Waals surface area contributed by atoms with Crippen LogP contribution in [0.2, 0.25) is 5.02 Å². The molecule has 1 fully saturated rings. The molecule has 0 spiro atoms. The summed E-state index contributed by atoms with van der Waals surface area (Å²) in [5.74, 6) is 0.0200. The summed E-state index contributed by atoms with van der Waals surface area (Å²) in [6, 6.07) is 0. The molecule has 1 aromatic rings. The van der Waals surface area contributed by atoms with E-state index >= 15 is 0 Å². The number of aryl methyl sites for hydroxylation is 1. The average Bonchev–Trinajstić information content (AvgIpc) is 2.59. The molecule has 0 saturated carbocycles. The lowest BCUT2D eigenvalue weighted by molar-refractivity contribution is 0.185. The fraction of sp³-hybridized carbons (Fsp3) is 0.700. The first-order valence-corrected chi connectivity index (χ1v) is 5.60. The van der Waals surface area contributed by atoms with Crippen LogP contribution in [0.5, 0.6) is 0 Å². The molecule has 1 aliphatic rings. The largest absolute Gasteiger partial charge is 0.316 e. The van der Waals surface area contributed by atoms with E-state index in [1.165, 1.54) is 10.9 Å². The molecule has 0 radical (unpaired) electrons. The van der Waals surface area contributed by atoms with Crippen molar-refractivity contribution in [1.29, 1.82) is 0 Å². The first kappa shape index (κ1) is 10.9. The van der Waals surface area contributed by atoms with Gasteiger partial charge in [0.2, 0.25) is 0 Å². The van der Waals surface area contributed by atoms with Gasteiger partial charge in [-0.15, -0.1) is 0 Å². The molecule has 84 valence electrons. The number of aromatic nitrogens is 2. The molecule has 0 aromatic carbocycles. The lowest BCUT2D eigenvalue weighted by Gasteiger charge is -2.26. The van der Waals surface area contributed by atoms with Gasteiger partial charge in [0.25, 0.3) is 0 Å². The molecule has 2 unspecified atom stereocenters. The third-order valence-electron chi connectivity index (χ3n) is 2.95. The molecule has 1 saturated heterocycles. The third kappa shape index (κ3) is 2.16. The molecule has 3 nitrogen and oxygen atoms in total. The van der Waals surface area contributed by atoms with Gasteiger partial charge in [-0.25, -0.2) is 4.39 Å². The minimum absolute atomic E-state index is 0.0200. The summed E-state index contributed by atoms with van der Waals surface area (Å²) < 4.78 is 15.7. The smallest absolute Gasteiger partial charge is 0.147 e. The second-order valence-corrected chi connectivity index (χ2v) is 4.42. The topological polar surface area (TPSA) is 29.9 Å². The van der Waals surface area contributed by atoms with Gasteiger partial charge in [-0.05, 0) is 19.4 Å². The molecule has 1 aliphatic heterocycles. The van der Waals surface area contributed by atoms with Crippen LogP contribution >= 0.6 is 11.6 Å². The van der Waals surface area contributed by atoms with E-state index in [0.29, 0.717) is 10.7 Å². The first-order chi connectivity index (χ1) is 7.20. The lowest BCUT2D eigenvalue weighted by Crippen LogP contribution is -2.32. The highest BCUT2D eigenvalue weighted by molar-refractivity contribution is 6.31. The summed E-state index contributed by atoms with van der Waals surface area (Å²) in [6.45, 7) is 1.71. The maximum atomic E-state index is 14.2. The number of nitrogens with zero attached hydrogens (tertiary/aromatic N) is 2. The van der Waals surface area contributed by atoms with Gasteiger partial charge >= 0.3 is 0 Å². The van der Waals surface area contributed by atoms with Crippen LogP contribution in [-0.2, 0) is 7.05 Å². The summed E-state index contributed by atoms with van der Waals surface area (Å²) >= 11 is 5.92. The van der Waals surface area contributed by atoms with Crippen molar-refractivity contribution in [2.75, 3.05) is 13.1 Å². The Balaban J connectivity index is 2.15. The van der Waals surface area contributed by atoms with Crippen LogP contribution in [-0.4, -0.2) is 22.9 Å². The summed E-state index contributed by atoms with van der Waals surface area (Å²) in [4.78, 5) is 0. The van der Waals surface area contributed by atoms with Crippen molar-refractivity contribution >= 4 is 11.6 Å². The summed E-state index contributed by atoms with van der Waals surface area (Å²) in [7, 11) is 1.73. The van der Waals surface area contributed by atoms with Gasteiger partial charge in [-0.1, -0.05) is 11.6 Å². The average molecular weight is 232 g/mol. The SMILES string of the molecule is Cn1ncc(Cl)c1C(F)C1CCCNC1. The fourth-order valence-electron chi connectivity index (χ4n) is 2.08. The molecule has 0 amide bonds. The van der Waals surface area contributed by atoms with E-state index < -0.39 is 6.17 Å². The number of hydrogen-bond donors (Lipinski definition) is 1. The highest BCUT2D eigenvalue weighted by Gasteiger charge is 2.28. The predicted octanol–water partition coefficient (Wildman–Crippen LogP) is 2.08. The lowest BCUT2D eigenvalue weighted by atomic mass is 9.93. The van der Waals surface area contributed by atoms with Crippen LogP contribution in [0.4, 0.5) is 4.39 Å². The Morgan fingerprint density at radius 3 is 3.07 bits per heavy atom. The van der Waals surface area contributed by atoms with Crippen LogP contribution < -0.4 is 5.32 Å². The zero-order valence-electron chi connectivity index (χ0n) is 8.71. The number of alkyl halides is 1. The fourth-order valence-corrected chi connectivity index (χ4v) is 2.35. The van der Waals surface area contributed by atoms with Gasteiger partial charge in [-0.2, -0.15) is 5.10 Å². The molecule has 15 heavy (non-hydrogen) atoms.